The molecule has 0 radical (unpaired) electrons. The van der Waals surface area contributed by atoms with E-state index in [9.17, 15) is 4.79 Å². The Morgan fingerprint density at radius 2 is 2.00 bits per heavy atom. The number of nitrogens with zero attached hydrogens (tertiary/aromatic N) is 2. The van der Waals surface area contributed by atoms with Gasteiger partial charge >= 0.3 is 5.91 Å². The summed E-state index contributed by atoms with van der Waals surface area (Å²) in [6.07, 6.45) is 0.949. The molecule has 0 atom stereocenters. The van der Waals surface area contributed by atoms with Crippen LogP contribution in [0.1, 0.15) is 30.0 Å². The molecule has 0 N–H and O–H groups in total. The van der Waals surface area contributed by atoms with Crippen LogP contribution in [0, 0.1) is 0 Å². The standard InChI is InChI=1S/C20H18N2O2S/c1-3-13-9-7-11-17-18(13)22(4-2)20(25-17)21-19(23)16-12-14-8-5-6-10-15(14)24-16/h5-12H,3-4H2,1-2H3. The third kappa shape index (κ3) is 2.70. The summed E-state index contributed by atoms with van der Waals surface area (Å²) >= 11 is 1.54. The van der Waals surface area contributed by atoms with E-state index in [4.69, 9.17) is 4.42 Å². The fourth-order valence-electron chi connectivity index (χ4n) is 3.10. The molecule has 0 spiro atoms. The zero-order chi connectivity index (χ0) is 17.4. The lowest BCUT2D eigenvalue weighted by atomic mass is 10.1. The highest BCUT2D eigenvalue weighted by Gasteiger charge is 2.14. The Balaban J connectivity index is 1.86. The quantitative estimate of drug-likeness (QED) is 0.534. The first-order valence-electron chi connectivity index (χ1n) is 8.40. The summed E-state index contributed by atoms with van der Waals surface area (Å²) in [5.41, 5.74) is 3.15. The van der Waals surface area contributed by atoms with Gasteiger partial charge in [-0.2, -0.15) is 4.99 Å². The molecule has 2 aromatic heterocycles. The highest BCUT2D eigenvalue weighted by molar-refractivity contribution is 7.16. The summed E-state index contributed by atoms with van der Waals surface area (Å²) in [5.74, 6) is -0.0694. The minimum atomic E-state index is -0.344. The normalized spacial score (nSPS) is 12.3. The largest absolute Gasteiger partial charge is 0.451 e. The summed E-state index contributed by atoms with van der Waals surface area (Å²) in [7, 11) is 0. The van der Waals surface area contributed by atoms with Gasteiger partial charge in [0.2, 0.25) is 0 Å². The van der Waals surface area contributed by atoms with Crippen molar-refractivity contribution in [2.75, 3.05) is 0 Å². The first kappa shape index (κ1) is 15.8. The van der Waals surface area contributed by atoms with Crippen molar-refractivity contribution in [3.63, 3.8) is 0 Å². The second kappa shape index (κ2) is 6.33. The zero-order valence-electron chi connectivity index (χ0n) is 14.2. The van der Waals surface area contributed by atoms with Gasteiger partial charge in [0, 0.05) is 11.9 Å². The van der Waals surface area contributed by atoms with E-state index in [1.54, 1.807) is 17.4 Å². The molecular weight excluding hydrogens is 332 g/mol. The number of hydrogen-bond donors (Lipinski definition) is 0. The van der Waals surface area contributed by atoms with Gasteiger partial charge in [0.05, 0.1) is 10.2 Å². The number of para-hydroxylation sites is 2. The number of aromatic nitrogens is 1. The minimum Gasteiger partial charge on any atom is -0.451 e. The van der Waals surface area contributed by atoms with E-state index in [0.29, 0.717) is 10.4 Å². The number of carbonyl (C=O) groups is 1. The van der Waals surface area contributed by atoms with E-state index < -0.39 is 0 Å². The van der Waals surface area contributed by atoms with Crippen molar-refractivity contribution in [3.05, 3.63) is 64.7 Å². The van der Waals surface area contributed by atoms with Gasteiger partial charge in [0.1, 0.15) is 5.58 Å². The lowest BCUT2D eigenvalue weighted by Crippen LogP contribution is -2.16. The van der Waals surface area contributed by atoms with E-state index in [1.165, 1.54) is 11.1 Å². The number of fused-ring (bicyclic) bond motifs is 2. The van der Waals surface area contributed by atoms with E-state index in [2.05, 4.69) is 41.6 Å². The monoisotopic (exact) mass is 350 g/mol. The van der Waals surface area contributed by atoms with Gasteiger partial charge in [-0.1, -0.05) is 48.6 Å². The SMILES string of the molecule is CCc1cccc2sc(=NC(=O)c3cc4ccccc4o3)n(CC)c12. The van der Waals surface area contributed by atoms with Gasteiger partial charge in [-0.05, 0) is 37.1 Å². The van der Waals surface area contributed by atoms with Crippen LogP contribution in [0.4, 0.5) is 0 Å². The molecule has 25 heavy (non-hydrogen) atoms. The number of benzene rings is 2. The molecule has 2 aromatic carbocycles. The van der Waals surface area contributed by atoms with E-state index in [0.717, 1.165) is 23.1 Å². The Morgan fingerprint density at radius 1 is 1.16 bits per heavy atom. The number of furan rings is 1. The van der Waals surface area contributed by atoms with Gasteiger partial charge in [-0.25, -0.2) is 0 Å². The summed E-state index contributed by atoms with van der Waals surface area (Å²) in [6, 6.07) is 15.6. The smallest absolute Gasteiger partial charge is 0.315 e. The molecule has 0 aliphatic rings. The molecule has 0 saturated carbocycles. The van der Waals surface area contributed by atoms with Crippen molar-refractivity contribution in [3.8, 4) is 0 Å². The predicted octanol–water partition coefficient (Wildman–Crippen LogP) is 4.77. The fraction of sp³-hybridized carbons (Fsp3) is 0.200. The van der Waals surface area contributed by atoms with E-state index in [1.807, 2.05) is 24.3 Å². The molecule has 4 rings (SSSR count). The average Bonchev–Trinajstić information content (AvgIpc) is 3.22. The van der Waals surface area contributed by atoms with Crippen molar-refractivity contribution in [1.82, 2.24) is 4.57 Å². The Kier molecular flexibility index (Phi) is 4.01. The molecular formula is C20H18N2O2S. The Bertz CT molecular complexity index is 1110. The van der Waals surface area contributed by atoms with Crippen molar-refractivity contribution >= 4 is 38.4 Å². The highest BCUT2D eigenvalue weighted by Crippen LogP contribution is 2.23. The maximum absolute atomic E-state index is 12.6. The first-order valence-corrected chi connectivity index (χ1v) is 9.21. The average molecular weight is 350 g/mol. The highest BCUT2D eigenvalue weighted by atomic mass is 32.1. The summed E-state index contributed by atoms with van der Waals surface area (Å²) in [6.45, 7) is 4.98. The molecule has 2 heterocycles. The Labute approximate surface area is 149 Å². The minimum absolute atomic E-state index is 0.275. The van der Waals surface area contributed by atoms with Gasteiger partial charge in [-0.3, -0.25) is 4.79 Å². The predicted molar refractivity (Wildman–Crippen MR) is 101 cm³/mol. The molecule has 4 aromatic rings. The number of aryl methyl sites for hydroxylation is 2. The maximum Gasteiger partial charge on any atom is 0.315 e. The zero-order valence-corrected chi connectivity index (χ0v) is 15.0. The molecule has 0 saturated heterocycles. The van der Waals surface area contributed by atoms with Crippen molar-refractivity contribution < 1.29 is 9.21 Å². The second-order valence-corrected chi connectivity index (χ2v) is 6.82. The molecule has 0 fully saturated rings. The van der Waals surface area contributed by atoms with Crippen LogP contribution in [-0.2, 0) is 13.0 Å². The third-order valence-corrected chi connectivity index (χ3v) is 5.36. The van der Waals surface area contributed by atoms with Crippen LogP contribution >= 0.6 is 11.3 Å². The Hall–Kier alpha value is -2.66. The second-order valence-electron chi connectivity index (χ2n) is 5.81. The van der Waals surface area contributed by atoms with Crippen LogP contribution in [-0.4, -0.2) is 10.5 Å². The maximum atomic E-state index is 12.6. The van der Waals surface area contributed by atoms with Gasteiger partial charge < -0.3 is 8.98 Å². The fourth-order valence-corrected chi connectivity index (χ4v) is 4.24. The first-order chi connectivity index (χ1) is 12.2. The molecule has 0 aliphatic carbocycles. The van der Waals surface area contributed by atoms with Crippen LogP contribution in [0.25, 0.3) is 21.2 Å². The number of hydrogen-bond acceptors (Lipinski definition) is 3. The van der Waals surface area contributed by atoms with Crippen molar-refractivity contribution in [2.24, 2.45) is 4.99 Å². The summed E-state index contributed by atoms with van der Waals surface area (Å²) < 4.78 is 8.91. The summed E-state index contributed by atoms with van der Waals surface area (Å²) in [4.78, 5) is 17.7. The molecule has 126 valence electrons. The Morgan fingerprint density at radius 3 is 2.76 bits per heavy atom. The van der Waals surface area contributed by atoms with Crippen LogP contribution in [0.3, 0.4) is 0 Å². The number of carbonyl (C=O) groups excluding carboxylic acids is 1. The molecule has 0 unspecified atom stereocenters. The molecule has 1 amide bonds. The van der Waals surface area contributed by atoms with E-state index >= 15 is 0 Å². The number of amides is 1. The molecule has 5 heteroatoms. The lowest BCUT2D eigenvalue weighted by Gasteiger charge is -2.04. The van der Waals surface area contributed by atoms with Gasteiger partial charge in [-0.15, -0.1) is 0 Å². The molecule has 0 aliphatic heterocycles. The molecule has 4 nitrogen and oxygen atoms in total. The van der Waals surface area contributed by atoms with Crippen LogP contribution in [0.5, 0.6) is 0 Å². The van der Waals surface area contributed by atoms with Crippen LogP contribution in [0.15, 0.2) is 57.9 Å². The topological polar surface area (TPSA) is 47.5 Å². The lowest BCUT2D eigenvalue weighted by molar-refractivity contribution is 0.0973. The van der Waals surface area contributed by atoms with Crippen molar-refractivity contribution in [1.29, 1.82) is 0 Å². The van der Waals surface area contributed by atoms with Gasteiger partial charge in [0.15, 0.2) is 10.6 Å². The van der Waals surface area contributed by atoms with Crippen LogP contribution < -0.4 is 4.80 Å². The third-order valence-electron chi connectivity index (χ3n) is 4.32. The van der Waals surface area contributed by atoms with Crippen molar-refractivity contribution in [2.45, 2.75) is 26.8 Å². The summed E-state index contributed by atoms with van der Waals surface area (Å²) in [5, 5.41) is 0.911. The molecule has 0 bridgehead atoms. The number of rotatable bonds is 3. The van der Waals surface area contributed by atoms with E-state index in [-0.39, 0.29) is 11.7 Å². The van der Waals surface area contributed by atoms with Crippen LogP contribution in [0.2, 0.25) is 0 Å². The number of thiazole rings is 1. The van der Waals surface area contributed by atoms with Gasteiger partial charge in [0.25, 0.3) is 0 Å².